The molecule has 2 heterocycles. The van der Waals surface area contributed by atoms with E-state index in [-0.39, 0.29) is 24.1 Å². The number of carbonyl (C=O) groups is 3. The first-order valence-electron chi connectivity index (χ1n) is 11.4. The lowest BCUT2D eigenvalue weighted by Crippen LogP contribution is -2.25. The molecule has 0 bridgehead atoms. The number of aliphatic imine (C=N–C) groups is 1. The Bertz CT molecular complexity index is 1130. The summed E-state index contributed by atoms with van der Waals surface area (Å²) in [6.45, 7) is 2.11. The van der Waals surface area contributed by atoms with Crippen LogP contribution in [0.2, 0.25) is 0 Å². The fourth-order valence-electron chi connectivity index (χ4n) is 3.91. The van der Waals surface area contributed by atoms with Crippen molar-refractivity contribution >= 4 is 40.3 Å². The average molecular weight is 497 g/mol. The third-order valence-corrected chi connectivity index (χ3v) is 7.05. The van der Waals surface area contributed by atoms with Crippen molar-refractivity contribution in [2.45, 2.75) is 31.1 Å². The molecule has 0 aromatic heterocycles. The van der Waals surface area contributed by atoms with E-state index in [0.29, 0.717) is 29.3 Å². The van der Waals surface area contributed by atoms with Crippen LogP contribution >= 0.6 is 11.8 Å². The number of benzene rings is 2. The number of ether oxygens (including phenoxy) is 2. The van der Waals surface area contributed by atoms with E-state index in [9.17, 15) is 14.4 Å². The standard InChI is InChI=1S/C25H28N4O5S/c1-33-19-10-7-17(20(13-19)34-2)15-26-23(31)16-5-8-18(9-6-16)27-22(30)14-21-24(32)28-25(35-21)29-11-3-4-12-29/h5-10,13,21H,3-4,11-12,14-15H2,1-2H3,(H,26,31)(H,27,30). The molecule has 2 aliphatic rings. The summed E-state index contributed by atoms with van der Waals surface area (Å²) >= 11 is 1.37. The van der Waals surface area contributed by atoms with E-state index in [1.54, 1.807) is 50.6 Å². The number of amides is 3. The molecule has 1 unspecified atom stereocenters. The van der Waals surface area contributed by atoms with Gasteiger partial charge in [0.05, 0.1) is 14.2 Å². The van der Waals surface area contributed by atoms with Gasteiger partial charge in [-0.3, -0.25) is 14.4 Å². The van der Waals surface area contributed by atoms with E-state index < -0.39 is 5.25 Å². The fraction of sp³-hybridized carbons (Fsp3) is 0.360. The highest BCUT2D eigenvalue weighted by Crippen LogP contribution is 2.29. The molecule has 2 aromatic carbocycles. The minimum atomic E-state index is -0.495. The van der Waals surface area contributed by atoms with Crippen LogP contribution in [0.4, 0.5) is 5.69 Å². The van der Waals surface area contributed by atoms with Crippen molar-refractivity contribution < 1.29 is 23.9 Å². The van der Waals surface area contributed by atoms with Crippen LogP contribution in [0.5, 0.6) is 11.5 Å². The smallest absolute Gasteiger partial charge is 0.262 e. The van der Waals surface area contributed by atoms with E-state index in [1.807, 2.05) is 6.07 Å². The van der Waals surface area contributed by atoms with E-state index in [4.69, 9.17) is 9.47 Å². The molecule has 184 valence electrons. The van der Waals surface area contributed by atoms with Crippen LogP contribution in [0.25, 0.3) is 0 Å². The maximum atomic E-state index is 12.6. The number of likely N-dealkylation sites (tertiary alicyclic amines) is 1. The summed E-state index contributed by atoms with van der Waals surface area (Å²) in [6, 6.07) is 12.0. The van der Waals surface area contributed by atoms with Crippen LogP contribution in [-0.4, -0.2) is 60.3 Å². The van der Waals surface area contributed by atoms with E-state index in [1.165, 1.54) is 11.8 Å². The second kappa shape index (κ2) is 11.3. The highest BCUT2D eigenvalue weighted by atomic mass is 32.2. The summed E-state index contributed by atoms with van der Waals surface area (Å²) in [7, 11) is 3.14. The maximum absolute atomic E-state index is 12.6. The van der Waals surface area contributed by atoms with Gasteiger partial charge in [0.25, 0.3) is 11.8 Å². The maximum Gasteiger partial charge on any atom is 0.262 e. The molecular formula is C25H28N4O5S. The fourth-order valence-corrected chi connectivity index (χ4v) is 5.03. The van der Waals surface area contributed by atoms with Crippen molar-refractivity contribution in [3.8, 4) is 11.5 Å². The Morgan fingerprint density at radius 3 is 2.51 bits per heavy atom. The number of hydrogen-bond acceptors (Lipinski definition) is 7. The van der Waals surface area contributed by atoms with Gasteiger partial charge in [-0.25, -0.2) is 0 Å². The monoisotopic (exact) mass is 496 g/mol. The van der Waals surface area contributed by atoms with Gasteiger partial charge in [0.1, 0.15) is 16.7 Å². The summed E-state index contributed by atoms with van der Waals surface area (Å²) in [6.07, 6.45) is 2.25. The number of nitrogens with zero attached hydrogens (tertiary/aromatic N) is 2. The van der Waals surface area contributed by atoms with Gasteiger partial charge in [-0.15, -0.1) is 0 Å². The van der Waals surface area contributed by atoms with E-state index in [2.05, 4.69) is 20.5 Å². The van der Waals surface area contributed by atoms with Crippen molar-refractivity contribution in [1.29, 1.82) is 0 Å². The summed E-state index contributed by atoms with van der Waals surface area (Å²) in [5.74, 6) is 0.523. The predicted molar refractivity (Wildman–Crippen MR) is 135 cm³/mol. The molecule has 4 rings (SSSR count). The topological polar surface area (TPSA) is 109 Å². The Morgan fingerprint density at radius 2 is 1.83 bits per heavy atom. The molecule has 35 heavy (non-hydrogen) atoms. The molecule has 1 saturated heterocycles. The number of nitrogens with one attached hydrogen (secondary N) is 2. The molecule has 0 saturated carbocycles. The highest BCUT2D eigenvalue weighted by Gasteiger charge is 2.33. The molecule has 0 radical (unpaired) electrons. The Hall–Kier alpha value is -3.53. The third-order valence-electron chi connectivity index (χ3n) is 5.84. The van der Waals surface area contributed by atoms with Gasteiger partial charge in [0.15, 0.2) is 5.17 Å². The molecule has 9 nitrogen and oxygen atoms in total. The van der Waals surface area contributed by atoms with Gasteiger partial charge in [-0.05, 0) is 49.2 Å². The number of methoxy groups -OCH3 is 2. The van der Waals surface area contributed by atoms with Crippen molar-refractivity contribution in [3.05, 3.63) is 53.6 Å². The number of anilines is 1. The molecule has 2 N–H and O–H groups in total. The molecule has 2 aromatic rings. The van der Waals surface area contributed by atoms with E-state index >= 15 is 0 Å². The minimum Gasteiger partial charge on any atom is -0.497 e. The van der Waals surface area contributed by atoms with Crippen LogP contribution in [0.1, 0.15) is 35.2 Å². The molecule has 2 aliphatic heterocycles. The second-order valence-corrected chi connectivity index (χ2v) is 9.39. The average Bonchev–Trinajstić information content (AvgIpc) is 3.53. The van der Waals surface area contributed by atoms with Crippen LogP contribution in [0, 0.1) is 0 Å². The number of rotatable bonds is 8. The van der Waals surface area contributed by atoms with Crippen LogP contribution in [-0.2, 0) is 16.1 Å². The first-order chi connectivity index (χ1) is 17.0. The van der Waals surface area contributed by atoms with Gasteiger partial charge in [-0.2, -0.15) is 4.99 Å². The summed E-state index contributed by atoms with van der Waals surface area (Å²) < 4.78 is 10.6. The Morgan fingerprint density at radius 1 is 1.09 bits per heavy atom. The summed E-state index contributed by atoms with van der Waals surface area (Å²) in [5, 5.41) is 5.89. The Balaban J connectivity index is 1.27. The van der Waals surface area contributed by atoms with Crippen LogP contribution in [0.3, 0.4) is 0 Å². The Labute approximate surface area is 208 Å². The summed E-state index contributed by atoms with van der Waals surface area (Å²) in [4.78, 5) is 43.5. The summed E-state index contributed by atoms with van der Waals surface area (Å²) in [5.41, 5.74) is 1.84. The highest BCUT2D eigenvalue weighted by molar-refractivity contribution is 8.15. The molecular weight excluding hydrogens is 468 g/mol. The zero-order valence-electron chi connectivity index (χ0n) is 19.7. The van der Waals surface area contributed by atoms with Crippen molar-refractivity contribution in [2.24, 2.45) is 4.99 Å². The van der Waals surface area contributed by atoms with E-state index in [0.717, 1.165) is 36.7 Å². The zero-order chi connectivity index (χ0) is 24.8. The van der Waals surface area contributed by atoms with Crippen molar-refractivity contribution in [3.63, 3.8) is 0 Å². The molecule has 3 amide bonds. The number of hydrogen-bond donors (Lipinski definition) is 2. The minimum absolute atomic E-state index is 0.0519. The molecule has 1 fully saturated rings. The molecule has 10 heteroatoms. The van der Waals surface area contributed by atoms with Gasteiger partial charge in [0, 0.05) is 48.9 Å². The lowest BCUT2D eigenvalue weighted by atomic mass is 10.1. The SMILES string of the molecule is COc1ccc(CNC(=O)c2ccc(NC(=O)CC3SC(N4CCCC4)=NC3=O)cc2)c(OC)c1. The number of thioether (sulfide) groups is 1. The first-order valence-corrected chi connectivity index (χ1v) is 12.3. The number of carbonyl (C=O) groups excluding carboxylic acids is 3. The molecule has 1 atom stereocenters. The predicted octanol–water partition coefficient (Wildman–Crippen LogP) is 3.06. The first kappa shape index (κ1) is 24.6. The Kier molecular flexibility index (Phi) is 7.91. The van der Waals surface area contributed by atoms with Gasteiger partial charge in [0.2, 0.25) is 5.91 Å². The van der Waals surface area contributed by atoms with Crippen LogP contribution in [0.15, 0.2) is 47.5 Å². The lowest BCUT2D eigenvalue weighted by Gasteiger charge is -2.16. The largest absolute Gasteiger partial charge is 0.497 e. The van der Waals surface area contributed by atoms with Crippen molar-refractivity contribution in [2.75, 3.05) is 32.6 Å². The number of amidine groups is 1. The zero-order valence-corrected chi connectivity index (χ0v) is 20.5. The quantitative estimate of drug-likeness (QED) is 0.578. The van der Waals surface area contributed by atoms with Gasteiger partial charge in [-0.1, -0.05) is 11.8 Å². The van der Waals surface area contributed by atoms with Crippen LogP contribution < -0.4 is 20.1 Å². The molecule has 0 spiro atoms. The van der Waals surface area contributed by atoms with Gasteiger partial charge < -0.3 is 25.0 Å². The lowest BCUT2D eigenvalue weighted by molar-refractivity contribution is -0.121. The third kappa shape index (κ3) is 6.13. The second-order valence-electron chi connectivity index (χ2n) is 8.22. The normalized spacial score (nSPS) is 17.2. The van der Waals surface area contributed by atoms with Crippen molar-refractivity contribution in [1.82, 2.24) is 10.2 Å². The molecule has 0 aliphatic carbocycles. The van der Waals surface area contributed by atoms with Gasteiger partial charge >= 0.3 is 0 Å².